The van der Waals surface area contributed by atoms with Crippen molar-refractivity contribution in [1.82, 2.24) is 15.0 Å². The van der Waals surface area contributed by atoms with Crippen LogP contribution in [0.15, 0.2) is 79.0 Å². The van der Waals surface area contributed by atoms with Gasteiger partial charge in [0.2, 0.25) is 8.41 Å². The molecule has 2 saturated heterocycles. The van der Waals surface area contributed by atoms with Crippen molar-refractivity contribution in [3.05, 3.63) is 106 Å². The number of aliphatic hydroxyl groups excluding tert-OH is 5. The standard InChI is InChI=1S/C39H45ClFN5O9Si/c1-21-35(56(2,3)41)30(14-15-45-19-28(43-44-45)26(20-47)23-9-5-4-6-10-23)55-39(21)27-17-24(40)12-13-29(27)46(38(39)53)18-22-8-7-11-25(16-22)42-36(51)34-32(49)31(48)33(50)37(52)54-34/h4-13,16-17,19,21,26,30-35,37,47-50,52H,14-15,18,20H2,1-3H3,(H,42,51)/t21-,26?,30+,31-,32-,33+,34-,35-,37+,39+/m0/s1. The number of hydrogen-bond acceptors (Lipinski definition) is 11. The minimum Gasteiger partial charge on any atom is -0.395 e. The van der Waals surface area contributed by atoms with Crippen LogP contribution in [0.1, 0.15) is 41.6 Å². The van der Waals surface area contributed by atoms with Gasteiger partial charge in [-0.1, -0.05) is 66.2 Å². The lowest BCUT2D eigenvalue weighted by Gasteiger charge is -2.37. The Hall–Kier alpha value is -4.10. The molecule has 56 heavy (non-hydrogen) atoms. The van der Waals surface area contributed by atoms with Crippen LogP contribution in [0.2, 0.25) is 23.7 Å². The second-order valence-corrected chi connectivity index (χ2v) is 19.5. The van der Waals surface area contributed by atoms with Gasteiger partial charge in [0.05, 0.1) is 36.6 Å². The number of benzene rings is 3. The van der Waals surface area contributed by atoms with Crippen molar-refractivity contribution in [2.45, 2.75) is 93.4 Å². The molecule has 1 unspecified atom stereocenters. The third-order valence-electron chi connectivity index (χ3n) is 11.2. The number of hydrogen-bond donors (Lipinski definition) is 6. The van der Waals surface area contributed by atoms with Crippen molar-refractivity contribution in [2.24, 2.45) is 5.92 Å². The summed E-state index contributed by atoms with van der Waals surface area (Å²) in [6, 6.07) is 21.2. The zero-order valence-electron chi connectivity index (χ0n) is 30.9. The molecule has 3 aliphatic heterocycles. The van der Waals surface area contributed by atoms with Crippen LogP contribution in [0, 0.1) is 5.92 Å². The third-order valence-corrected chi connectivity index (χ3v) is 13.9. The molecule has 2 amide bonds. The van der Waals surface area contributed by atoms with E-state index in [2.05, 4.69) is 15.6 Å². The van der Waals surface area contributed by atoms with Gasteiger partial charge in [0.25, 0.3) is 11.8 Å². The summed E-state index contributed by atoms with van der Waals surface area (Å²) in [5, 5.41) is 61.8. The molecule has 298 valence electrons. The van der Waals surface area contributed by atoms with Gasteiger partial charge in [0.1, 0.15) is 18.3 Å². The Kier molecular flexibility index (Phi) is 11.2. The van der Waals surface area contributed by atoms with Crippen molar-refractivity contribution >= 4 is 43.2 Å². The molecule has 14 nitrogen and oxygen atoms in total. The molecular weight excluding hydrogens is 765 g/mol. The average Bonchev–Trinajstić information content (AvgIpc) is 3.82. The van der Waals surface area contributed by atoms with Crippen LogP contribution in [0.25, 0.3) is 0 Å². The first-order chi connectivity index (χ1) is 26.6. The van der Waals surface area contributed by atoms with E-state index in [-0.39, 0.29) is 30.7 Å². The van der Waals surface area contributed by atoms with Crippen molar-refractivity contribution in [3.63, 3.8) is 0 Å². The van der Waals surface area contributed by atoms with E-state index < -0.39 is 68.2 Å². The maximum Gasteiger partial charge on any atom is 0.264 e. The molecule has 4 heterocycles. The quantitative estimate of drug-likeness (QED) is 0.0961. The maximum atomic E-state index is 16.4. The Balaban J connectivity index is 1.12. The van der Waals surface area contributed by atoms with Gasteiger partial charge in [-0.3, -0.25) is 14.3 Å². The van der Waals surface area contributed by atoms with Crippen LogP contribution in [0.4, 0.5) is 15.5 Å². The minimum absolute atomic E-state index is 0.0438. The molecule has 3 aliphatic rings. The Labute approximate surface area is 328 Å². The van der Waals surface area contributed by atoms with Gasteiger partial charge in [0.15, 0.2) is 18.0 Å². The molecule has 1 aromatic heterocycles. The van der Waals surface area contributed by atoms with Crippen molar-refractivity contribution in [3.8, 4) is 0 Å². The molecule has 17 heteroatoms. The summed E-state index contributed by atoms with van der Waals surface area (Å²) in [4.78, 5) is 29.5. The summed E-state index contributed by atoms with van der Waals surface area (Å²) in [6.07, 6.45) is -7.51. The predicted octanol–water partition coefficient (Wildman–Crippen LogP) is 3.21. The molecule has 10 atom stereocenters. The number of aliphatic hydroxyl groups is 5. The first kappa shape index (κ1) is 40.1. The summed E-state index contributed by atoms with van der Waals surface area (Å²) >= 11 is 6.55. The van der Waals surface area contributed by atoms with Gasteiger partial charge in [-0.15, -0.1) is 5.10 Å². The predicted molar refractivity (Wildman–Crippen MR) is 205 cm³/mol. The van der Waals surface area contributed by atoms with Gasteiger partial charge in [-0.2, -0.15) is 0 Å². The molecule has 0 radical (unpaired) electrons. The van der Waals surface area contributed by atoms with Crippen LogP contribution >= 0.6 is 11.6 Å². The Bertz CT molecular complexity index is 2070. The Morgan fingerprint density at radius 3 is 2.50 bits per heavy atom. The van der Waals surface area contributed by atoms with E-state index >= 15 is 4.11 Å². The van der Waals surface area contributed by atoms with Gasteiger partial charge in [-0.05, 0) is 61.0 Å². The first-order valence-corrected chi connectivity index (χ1v) is 21.8. The minimum atomic E-state index is -3.48. The smallest absolute Gasteiger partial charge is 0.264 e. The summed E-state index contributed by atoms with van der Waals surface area (Å²) in [5.41, 5.74) is 1.35. The number of aryl methyl sites for hydroxylation is 1. The van der Waals surface area contributed by atoms with Crippen molar-refractivity contribution in [1.29, 1.82) is 0 Å². The number of halogens is 2. The maximum absolute atomic E-state index is 16.4. The number of nitrogens with zero attached hydrogens (tertiary/aromatic N) is 4. The highest BCUT2D eigenvalue weighted by Gasteiger charge is 2.66. The second kappa shape index (κ2) is 15.7. The number of nitrogens with one attached hydrogen (secondary N) is 1. The summed E-state index contributed by atoms with van der Waals surface area (Å²) in [6.45, 7) is 5.32. The largest absolute Gasteiger partial charge is 0.395 e. The van der Waals surface area contributed by atoms with Crippen LogP contribution in [0.3, 0.4) is 0 Å². The molecule has 1 spiro atoms. The van der Waals surface area contributed by atoms with E-state index in [4.69, 9.17) is 21.1 Å². The first-order valence-electron chi connectivity index (χ1n) is 18.5. The summed E-state index contributed by atoms with van der Waals surface area (Å²) in [7, 11) is -3.48. The lowest BCUT2D eigenvalue weighted by Crippen LogP contribution is -2.60. The normalized spacial score (nSPS) is 29.5. The second-order valence-electron chi connectivity index (χ2n) is 15.3. The Morgan fingerprint density at radius 2 is 1.79 bits per heavy atom. The topological polar surface area (TPSA) is 200 Å². The summed E-state index contributed by atoms with van der Waals surface area (Å²) in [5.74, 6) is -2.18. The Morgan fingerprint density at radius 1 is 1.04 bits per heavy atom. The number of carbonyl (C=O) groups excluding carboxylic acids is 2. The molecule has 6 N–H and O–H groups in total. The van der Waals surface area contributed by atoms with E-state index in [0.717, 1.165) is 5.56 Å². The van der Waals surface area contributed by atoms with E-state index in [9.17, 15) is 35.1 Å². The fraction of sp³-hybridized carbons (Fsp3) is 0.436. The van der Waals surface area contributed by atoms with Crippen molar-refractivity contribution in [2.75, 3.05) is 16.8 Å². The van der Waals surface area contributed by atoms with Gasteiger partial charge in [0, 0.05) is 40.5 Å². The number of aromatic nitrogens is 3. The molecule has 3 aromatic carbocycles. The molecule has 0 aliphatic carbocycles. The average molecular weight is 810 g/mol. The zero-order chi connectivity index (χ0) is 40.1. The molecule has 0 bridgehead atoms. The highest BCUT2D eigenvalue weighted by atomic mass is 35.5. The number of fused-ring (bicyclic) bond motifs is 2. The molecule has 2 fully saturated rings. The lowest BCUT2D eigenvalue weighted by atomic mass is 9.82. The monoisotopic (exact) mass is 809 g/mol. The number of ether oxygens (including phenoxy) is 2. The van der Waals surface area contributed by atoms with Gasteiger partial charge < -0.3 is 49.3 Å². The van der Waals surface area contributed by atoms with E-state index in [0.29, 0.717) is 40.5 Å². The molecular formula is C39H45ClFN5O9Si. The molecule has 4 aromatic rings. The van der Waals surface area contributed by atoms with Crippen LogP contribution in [0.5, 0.6) is 0 Å². The van der Waals surface area contributed by atoms with Gasteiger partial charge in [-0.25, -0.2) is 0 Å². The third kappa shape index (κ3) is 7.29. The number of rotatable bonds is 11. The zero-order valence-corrected chi connectivity index (χ0v) is 32.7. The van der Waals surface area contributed by atoms with Crippen LogP contribution in [-0.4, -0.2) is 104 Å². The number of amides is 2. The van der Waals surface area contributed by atoms with E-state index in [1.807, 2.05) is 37.3 Å². The van der Waals surface area contributed by atoms with Crippen molar-refractivity contribution < 1.29 is 48.7 Å². The van der Waals surface area contributed by atoms with Crippen LogP contribution < -0.4 is 10.2 Å². The fourth-order valence-corrected chi connectivity index (χ4v) is 11.3. The highest BCUT2D eigenvalue weighted by molar-refractivity contribution is 6.72. The van der Waals surface area contributed by atoms with E-state index in [1.54, 1.807) is 71.3 Å². The van der Waals surface area contributed by atoms with Gasteiger partial charge >= 0.3 is 0 Å². The highest BCUT2D eigenvalue weighted by Crippen LogP contribution is 2.60. The molecule has 7 rings (SSSR count). The SMILES string of the molecule is C[C@H]1[C@H]([Si](C)(C)F)[C@@H](CCn2cc(C(CO)c3ccccc3)nn2)O[C@]12C(=O)N(Cc1cccc(NC(=O)[C@H]3O[C@@H](O)[C@H](O)[C@@H](O)[C@@H]3O)c1)c1ccc(Cl)cc12. The van der Waals surface area contributed by atoms with E-state index in [1.165, 1.54) is 0 Å². The number of carbonyl (C=O) groups is 2. The fourth-order valence-electron chi connectivity index (χ4n) is 8.56. The number of anilines is 2. The molecule has 0 saturated carbocycles. The lowest BCUT2D eigenvalue weighted by molar-refractivity contribution is -0.274. The van der Waals surface area contributed by atoms with Crippen LogP contribution in [-0.2, 0) is 37.8 Å². The summed E-state index contributed by atoms with van der Waals surface area (Å²) < 4.78 is 30.0.